The van der Waals surface area contributed by atoms with Gasteiger partial charge < -0.3 is 8.83 Å². The summed E-state index contributed by atoms with van der Waals surface area (Å²) >= 11 is 0. The third-order valence-corrected chi connectivity index (χ3v) is 8.36. The van der Waals surface area contributed by atoms with Crippen molar-refractivity contribution in [3.8, 4) is 22.3 Å². The van der Waals surface area contributed by atoms with Crippen molar-refractivity contribution in [2.75, 3.05) is 0 Å². The molecular weight excluding hydrogens is 475 g/mol. The summed E-state index contributed by atoms with van der Waals surface area (Å²) in [4.78, 5) is 0. The third kappa shape index (κ3) is 2.93. The van der Waals surface area contributed by atoms with Crippen LogP contribution in [0.3, 0.4) is 0 Å². The number of benzene rings is 6. The molecular formula is C36H21BO2. The molecule has 0 amide bonds. The lowest BCUT2D eigenvalue weighted by atomic mass is 9.35. The van der Waals surface area contributed by atoms with Crippen molar-refractivity contribution in [1.29, 1.82) is 0 Å². The van der Waals surface area contributed by atoms with Gasteiger partial charge in [0, 0.05) is 21.5 Å². The van der Waals surface area contributed by atoms with Gasteiger partial charge in [-0.1, -0.05) is 120 Å². The molecule has 0 fully saturated rings. The molecule has 1 aliphatic heterocycles. The Morgan fingerprint density at radius 2 is 0.821 bits per heavy atom. The Morgan fingerprint density at radius 3 is 1.36 bits per heavy atom. The molecule has 39 heavy (non-hydrogen) atoms. The second-order valence-corrected chi connectivity index (χ2v) is 10.5. The fourth-order valence-corrected chi connectivity index (χ4v) is 6.65. The van der Waals surface area contributed by atoms with E-state index < -0.39 is 0 Å². The van der Waals surface area contributed by atoms with Gasteiger partial charge in [-0.3, -0.25) is 0 Å². The second-order valence-electron chi connectivity index (χ2n) is 10.5. The molecule has 0 N–H and O–H groups in total. The first-order valence-electron chi connectivity index (χ1n) is 13.4. The topological polar surface area (TPSA) is 26.3 Å². The Labute approximate surface area is 225 Å². The fraction of sp³-hybridized carbons (Fsp3) is 0. The van der Waals surface area contributed by atoms with E-state index in [4.69, 9.17) is 8.83 Å². The molecule has 0 saturated carbocycles. The molecule has 2 aromatic heterocycles. The van der Waals surface area contributed by atoms with Crippen LogP contribution < -0.4 is 16.4 Å². The van der Waals surface area contributed by atoms with Gasteiger partial charge in [0.15, 0.2) is 0 Å². The molecule has 0 unspecified atom stereocenters. The normalized spacial score (nSPS) is 12.6. The van der Waals surface area contributed by atoms with Gasteiger partial charge in [0.1, 0.15) is 22.3 Å². The predicted octanol–water partition coefficient (Wildman–Crippen LogP) is 7.65. The van der Waals surface area contributed by atoms with Gasteiger partial charge in [-0.2, -0.15) is 0 Å². The molecule has 2 nitrogen and oxygen atoms in total. The molecule has 0 saturated heterocycles. The number of hydrogen-bond donors (Lipinski definition) is 0. The van der Waals surface area contributed by atoms with Crippen molar-refractivity contribution in [2.24, 2.45) is 0 Å². The Bertz CT molecular complexity index is 2100. The van der Waals surface area contributed by atoms with Crippen molar-refractivity contribution in [3.05, 3.63) is 127 Å². The maximum Gasteiger partial charge on any atom is 0.242 e. The number of fused-ring (bicyclic) bond motifs is 11. The molecule has 3 heterocycles. The minimum atomic E-state index is 0.0414. The summed E-state index contributed by atoms with van der Waals surface area (Å²) in [5.74, 6) is 0. The van der Waals surface area contributed by atoms with Crippen molar-refractivity contribution in [2.45, 2.75) is 0 Å². The van der Waals surface area contributed by atoms with Gasteiger partial charge in [-0.25, -0.2) is 0 Å². The Morgan fingerprint density at radius 1 is 0.359 bits per heavy atom. The highest BCUT2D eigenvalue weighted by Gasteiger charge is 2.33. The molecule has 0 atom stereocenters. The standard InChI is InChI=1S/C36H21BO2/c1-2-10-22(11-3-1)37-31-18-29-25-14-6-8-16-33(25)38-35(29)20-27(31)23-12-4-5-13-24(23)28-21-36-30(19-32(28)37)26-15-7-9-17-34(26)39-36/h1-21H. The maximum atomic E-state index is 6.38. The zero-order valence-corrected chi connectivity index (χ0v) is 21.0. The van der Waals surface area contributed by atoms with Crippen LogP contribution in [0.15, 0.2) is 136 Å². The highest BCUT2D eigenvalue weighted by molar-refractivity contribution is 6.97. The van der Waals surface area contributed by atoms with Crippen LogP contribution in [0.2, 0.25) is 0 Å². The van der Waals surface area contributed by atoms with E-state index in [1.807, 2.05) is 12.1 Å². The zero-order valence-electron chi connectivity index (χ0n) is 21.0. The van der Waals surface area contributed by atoms with Crippen LogP contribution in [-0.2, 0) is 0 Å². The second kappa shape index (κ2) is 7.75. The molecule has 0 radical (unpaired) electrons. The summed E-state index contributed by atoms with van der Waals surface area (Å²) < 4.78 is 12.8. The van der Waals surface area contributed by atoms with E-state index in [0.717, 1.165) is 43.9 Å². The first-order chi connectivity index (χ1) is 19.3. The summed E-state index contributed by atoms with van der Waals surface area (Å²) in [5, 5.41) is 4.61. The van der Waals surface area contributed by atoms with Crippen molar-refractivity contribution in [3.63, 3.8) is 0 Å². The van der Waals surface area contributed by atoms with Gasteiger partial charge in [0.2, 0.25) is 6.71 Å². The van der Waals surface area contributed by atoms with Gasteiger partial charge in [0.05, 0.1) is 0 Å². The van der Waals surface area contributed by atoms with Gasteiger partial charge in [-0.15, -0.1) is 0 Å². The molecule has 180 valence electrons. The van der Waals surface area contributed by atoms with Crippen LogP contribution >= 0.6 is 0 Å². The summed E-state index contributed by atoms with van der Waals surface area (Å²) in [7, 11) is 0. The van der Waals surface area contributed by atoms with Crippen LogP contribution in [0, 0.1) is 0 Å². The van der Waals surface area contributed by atoms with E-state index in [1.54, 1.807) is 0 Å². The monoisotopic (exact) mass is 496 g/mol. The quantitative estimate of drug-likeness (QED) is 0.218. The van der Waals surface area contributed by atoms with E-state index in [0.29, 0.717) is 0 Å². The Hall–Kier alpha value is -5.02. The summed E-state index contributed by atoms with van der Waals surface area (Å²) in [6.45, 7) is 0.0414. The van der Waals surface area contributed by atoms with E-state index in [1.165, 1.54) is 38.6 Å². The number of furan rings is 2. The van der Waals surface area contributed by atoms with Crippen molar-refractivity contribution < 1.29 is 8.83 Å². The Balaban J connectivity index is 1.47. The first kappa shape index (κ1) is 21.0. The minimum absolute atomic E-state index is 0.0414. The van der Waals surface area contributed by atoms with E-state index in [9.17, 15) is 0 Å². The highest BCUT2D eigenvalue weighted by Crippen LogP contribution is 2.39. The first-order valence-corrected chi connectivity index (χ1v) is 13.4. The molecule has 8 aromatic rings. The molecule has 1 aliphatic rings. The van der Waals surface area contributed by atoms with Gasteiger partial charge in [0.25, 0.3) is 0 Å². The van der Waals surface area contributed by atoms with Crippen LogP contribution in [0.5, 0.6) is 0 Å². The highest BCUT2D eigenvalue weighted by atomic mass is 16.3. The van der Waals surface area contributed by atoms with Crippen LogP contribution in [0.25, 0.3) is 66.1 Å². The number of hydrogen-bond acceptors (Lipinski definition) is 2. The molecule has 9 rings (SSSR count). The summed E-state index contributed by atoms with van der Waals surface area (Å²) in [6, 6.07) is 45.6. The van der Waals surface area contributed by atoms with Crippen molar-refractivity contribution >= 4 is 67.0 Å². The lowest BCUT2D eigenvalue weighted by Gasteiger charge is -2.18. The van der Waals surface area contributed by atoms with Crippen LogP contribution in [-0.4, -0.2) is 6.71 Å². The summed E-state index contributed by atoms with van der Waals surface area (Å²) in [6.07, 6.45) is 0. The molecule has 0 bridgehead atoms. The Kier molecular flexibility index (Phi) is 4.17. The largest absolute Gasteiger partial charge is 0.456 e. The van der Waals surface area contributed by atoms with Crippen molar-refractivity contribution in [1.82, 2.24) is 0 Å². The molecule has 0 aliphatic carbocycles. The summed E-state index contributed by atoms with van der Waals surface area (Å²) in [5.41, 5.74) is 12.4. The molecule has 0 spiro atoms. The smallest absolute Gasteiger partial charge is 0.242 e. The predicted molar refractivity (Wildman–Crippen MR) is 163 cm³/mol. The maximum absolute atomic E-state index is 6.38. The molecule has 6 aromatic carbocycles. The van der Waals surface area contributed by atoms with Gasteiger partial charge >= 0.3 is 0 Å². The average Bonchev–Trinajstić information content (AvgIpc) is 3.51. The molecule has 3 heteroatoms. The number of para-hydroxylation sites is 2. The average molecular weight is 496 g/mol. The third-order valence-electron chi connectivity index (χ3n) is 8.36. The van der Waals surface area contributed by atoms with Crippen LogP contribution in [0.1, 0.15) is 0 Å². The van der Waals surface area contributed by atoms with E-state index >= 15 is 0 Å². The van der Waals surface area contributed by atoms with E-state index in [2.05, 4.69) is 115 Å². The van der Waals surface area contributed by atoms with Crippen LogP contribution in [0.4, 0.5) is 0 Å². The number of rotatable bonds is 1. The minimum Gasteiger partial charge on any atom is -0.456 e. The van der Waals surface area contributed by atoms with Gasteiger partial charge in [-0.05, 0) is 46.5 Å². The lowest BCUT2D eigenvalue weighted by Crippen LogP contribution is -2.52. The zero-order chi connectivity index (χ0) is 25.5. The fourth-order valence-electron chi connectivity index (χ4n) is 6.65. The van der Waals surface area contributed by atoms with E-state index in [-0.39, 0.29) is 6.71 Å². The lowest BCUT2D eigenvalue weighted by molar-refractivity contribution is 0.668. The SMILES string of the molecule is c1ccc(B2c3cc4c(cc3-c3ccccc3-c3cc5oc6ccccc6c5cc32)oc2ccccc24)cc1.